The van der Waals surface area contributed by atoms with Crippen molar-refractivity contribution in [1.82, 2.24) is 15.0 Å². The third kappa shape index (κ3) is 2.61. The molecule has 1 aromatic carbocycles. The summed E-state index contributed by atoms with van der Waals surface area (Å²) in [6.07, 6.45) is 1.71. The number of benzene rings is 1. The molecular weight excluding hydrogens is 306 g/mol. The molecule has 4 N–H and O–H groups in total. The van der Waals surface area contributed by atoms with Gasteiger partial charge in [0, 0.05) is 17.1 Å². The van der Waals surface area contributed by atoms with Gasteiger partial charge in [0.1, 0.15) is 12.0 Å². The van der Waals surface area contributed by atoms with Gasteiger partial charge in [-0.1, -0.05) is 11.6 Å². The molecule has 0 unspecified atom stereocenters. The van der Waals surface area contributed by atoms with Gasteiger partial charge in [-0.15, -0.1) is 0 Å². The average molecular weight is 316 g/mol. The third-order valence-corrected chi connectivity index (χ3v) is 3.35. The molecule has 8 heteroatoms. The minimum atomic E-state index is -1.38. The zero-order valence-electron chi connectivity index (χ0n) is 11.1. The van der Waals surface area contributed by atoms with Crippen LogP contribution in [0.3, 0.4) is 0 Å². The Bertz CT molecular complexity index is 903. The summed E-state index contributed by atoms with van der Waals surface area (Å²) in [5.74, 6) is -0.190. The van der Waals surface area contributed by atoms with Gasteiger partial charge in [-0.3, -0.25) is 0 Å². The number of nitrogens with two attached hydrogens (primary N) is 1. The standard InChI is InChI=1S/C14H10ClN5O2/c15-9-4-8(3-7-1-2-17-12(7)9)10-5-11(19-6-18-10)13(16)20-14(21)22/h1-6,17H,(H2,16,20)(H,21,22). The van der Waals surface area contributed by atoms with Crippen molar-refractivity contribution < 1.29 is 9.90 Å². The van der Waals surface area contributed by atoms with Crippen LogP contribution in [0.1, 0.15) is 5.69 Å². The molecule has 0 aliphatic rings. The fourth-order valence-corrected chi connectivity index (χ4v) is 2.37. The number of nitrogens with one attached hydrogen (secondary N) is 1. The smallest absolute Gasteiger partial charge is 0.433 e. The fourth-order valence-electron chi connectivity index (χ4n) is 2.09. The number of amidine groups is 1. The van der Waals surface area contributed by atoms with Gasteiger partial charge in [0.25, 0.3) is 0 Å². The predicted octanol–water partition coefficient (Wildman–Crippen LogP) is 2.66. The number of aromatic amines is 1. The third-order valence-electron chi connectivity index (χ3n) is 3.05. The van der Waals surface area contributed by atoms with Gasteiger partial charge in [-0.05, 0) is 24.3 Å². The van der Waals surface area contributed by atoms with E-state index in [9.17, 15) is 4.79 Å². The van der Waals surface area contributed by atoms with E-state index in [2.05, 4.69) is 19.9 Å². The van der Waals surface area contributed by atoms with Crippen LogP contribution in [0.5, 0.6) is 0 Å². The molecule has 0 saturated heterocycles. The van der Waals surface area contributed by atoms with E-state index in [-0.39, 0.29) is 11.5 Å². The lowest BCUT2D eigenvalue weighted by molar-refractivity contribution is 0.205. The van der Waals surface area contributed by atoms with Crippen LogP contribution >= 0.6 is 11.6 Å². The zero-order valence-corrected chi connectivity index (χ0v) is 11.9. The van der Waals surface area contributed by atoms with E-state index >= 15 is 0 Å². The van der Waals surface area contributed by atoms with Crippen LogP contribution in [0.25, 0.3) is 22.2 Å². The predicted molar refractivity (Wildman–Crippen MR) is 83.1 cm³/mol. The molecule has 0 fully saturated rings. The van der Waals surface area contributed by atoms with Crippen molar-refractivity contribution in [3.63, 3.8) is 0 Å². The Morgan fingerprint density at radius 3 is 2.91 bits per heavy atom. The van der Waals surface area contributed by atoms with Crippen LogP contribution in [-0.2, 0) is 0 Å². The molecule has 0 spiro atoms. The van der Waals surface area contributed by atoms with Crippen LogP contribution in [0, 0.1) is 0 Å². The summed E-state index contributed by atoms with van der Waals surface area (Å²) >= 11 is 6.22. The molecule has 7 nitrogen and oxygen atoms in total. The molecule has 0 saturated carbocycles. The van der Waals surface area contributed by atoms with Gasteiger partial charge in [0.2, 0.25) is 0 Å². The molecule has 0 atom stereocenters. The number of fused-ring (bicyclic) bond motifs is 1. The number of aliphatic imine (C=N–C) groups is 1. The SMILES string of the molecule is NC(=NC(=O)O)c1cc(-c2cc(Cl)c3[nH]ccc3c2)ncn1. The van der Waals surface area contributed by atoms with Crippen LogP contribution in [0.2, 0.25) is 5.02 Å². The number of hydrogen-bond acceptors (Lipinski definition) is 3. The minimum absolute atomic E-state index is 0.190. The molecule has 1 amide bonds. The molecule has 3 rings (SSSR count). The fraction of sp³-hybridized carbons (Fsp3) is 0. The minimum Gasteiger partial charge on any atom is -0.463 e. The Balaban J connectivity index is 2.09. The molecule has 0 aliphatic heterocycles. The number of halogens is 1. The highest BCUT2D eigenvalue weighted by Gasteiger charge is 2.09. The Morgan fingerprint density at radius 2 is 2.14 bits per heavy atom. The second-order valence-electron chi connectivity index (χ2n) is 4.47. The van der Waals surface area contributed by atoms with Gasteiger partial charge in [0.15, 0.2) is 5.84 Å². The van der Waals surface area contributed by atoms with Crippen molar-refractivity contribution in [2.75, 3.05) is 0 Å². The first-order chi connectivity index (χ1) is 10.5. The molecule has 0 bridgehead atoms. The summed E-state index contributed by atoms with van der Waals surface area (Å²) in [6, 6.07) is 7.13. The first kappa shape index (κ1) is 14.0. The van der Waals surface area contributed by atoms with Crippen molar-refractivity contribution in [1.29, 1.82) is 0 Å². The Morgan fingerprint density at radius 1 is 1.32 bits per heavy atom. The van der Waals surface area contributed by atoms with Gasteiger partial charge >= 0.3 is 6.09 Å². The maximum absolute atomic E-state index is 10.6. The average Bonchev–Trinajstić information content (AvgIpc) is 2.95. The quantitative estimate of drug-likeness (QED) is 0.496. The molecule has 2 aromatic heterocycles. The van der Waals surface area contributed by atoms with E-state index in [0.717, 1.165) is 16.5 Å². The van der Waals surface area contributed by atoms with Crippen molar-refractivity contribution in [2.45, 2.75) is 0 Å². The monoisotopic (exact) mass is 315 g/mol. The Hall–Kier alpha value is -2.93. The van der Waals surface area contributed by atoms with E-state index in [1.165, 1.54) is 6.33 Å². The second-order valence-corrected chi connectivity index (χ2v) is 4.88. The maximum atomic E-state index is 10.6. The van der Waals surface area contributed by atoms with E-state index in [1.807, 2.05) is 12.1 Å². The van der Waals surface area contributed by atoms with Crippen LogP contribution < -0.4 is 5.73 Å². The van der Waals surface area contributed by atoms with Gasteiger partial charge in [-0.25, -0.2) is 14.8 Å². The number of aromatic nitrogens is 3. The van der Waals surface area contributed by atoms with Crippen molar-refractivity contribution in [3.8, 4) is 11.3 Å². The van der Waals surface area contributed by atoms with Crippen LogP contribution in [-0.4, -0.2) is 32.0 Å². The van der Waals surface area contributed by atoms with Crippen molar-refractivity contribution >= 4 is 34.4 Å². The number of rotatable bonds is 2. The highest BCUT2D eigenvalue weighted by molar-refractivity contribution is 6.35. The highest BCUT2D eigenvalue weighted by atomic mass is 35.5. The highest BCUT2D eigenvalue weighted by Crippen LogP contribution is 2.29. The lowest BCUT2D eigenvalue weighted by Gasteiger charge is -2.05. The normalized spacial score (nSPS) is 11.8. The van der Waals surface area contributed by atoms with Crippen molar-refractivity contribution in [3.05, 3.63) is 47.5 Å². The van der Waals surface area contributed by atoms with Crippen molar-refractivity contribution in [2.24, 2.45) is 10.7 Å². The molecule has 2 heterocycles. The number of carbonyl (C=O) groups is 1. The molecule has 0 aliphatic carbocycles. The first-order valence-electron chi connectivity index (χ1n) is 6.21. The lowest BCUT2D eigenvalue weighted by atomic mass is 10.1. The van der Waals surface area contributed by atoms with Crippen LogP contribution in [0.15, 0.2) is 41.8 Å². The summed E-state index contributed by atoms with van der Waals surface area (Å²) in [7, 11) is 0. The summed E-state index contributed by atoms with van der Waals surface area (Å²) in [4.78, 5) is 24.9. The Kier molecular flexibility index (Phi) is 3.48. The summed E-state index contributed by atoms with van der Waals surface area (Å²) in [5.41, 5.74) is 8.00. The maximum Gasteiger partial charge on any atom is 0.433 e. The van der Waals surface area contributed by atoms with E-state index in [0.29, 0.717) is 10.7 Å². The number of nitrogens with zero attached hydrogens (tertiary/aromatic N) is 3. The zero-order chi connectivity index (χ0) is 15.7. The van der Waals surface area contributed by atoms with Gasteiger partial charge < -0.3 is 15.8 Å². The summed E-state index contributed by atoms with van der Waals surface area (Å²) < 4.78 is 0. The van der Waals surface area contributed by atoms with Gasteiger partial charge in [0.05, 0.1) is 16.2 Å². The molecule has 22 heavy (non-hydrogen) atoms. The molecule has 3 aromatic rings. The van der Waals surface area contributed by atoms with Gasteiger partial charge in [-0.2, -0.15) is 4.99 Å². The topological polar surface area (TPSA) is 117 Å². The molecule has 0 radical (unpaired) electrons. The van der Waals surface area contributed by atoms with E-state index < -0.39 is 6.09 Å². The number of carboxylic acid groups (broad SMARTS) is 1. The Labute approximate surface area is 129 Å². The van der Waals surface area contributed by atoms with E-state index in [1.54, 1.807) is 18.3 Å². The number of amides is 1. The van der Waals surface area contributed by atoms with Crippen LogP contribution in [0.4, 0.5) is 4.79 Å². The number of hydrogen-bond donors (Lipinski definition) is 3. The number of H-pyrrole nitrogens is 1. The summed E-state index contributed by atoms with van der Waals surface area (Å²) in [6.45, 7) is 0. The largest absolute Gasteiger partial charge is 0.463 e. The molecular formula is C14H10ClN5O2. The van der Waals surface area contributed by atoms with E-state index in [4.69, 9.17) is 22.4 Å². The summed E-state index contributed by atoms with van der Waals surface area (Å²) in [5, 5.41) is 10.1. The first-order valence-corrected chi connectivity index (χ1v) is 6.59. The lowest BCUT2D eigenvalue weighted by Crippen LogP contribution is -2.17. The molecule has 110 valence electrons. The second kappa shape index (κ2) is 5.45.